The van der Waals surface area contributed by atoms with Gasteiger partial charge in [-0.1, -0.05) is 286 Å². The van der Waals surface area contributed by atoms with Gasteiger partial charge in [0, 0.05) is 19.3 Å². The van der Waals surface area contributed by atoms with Crippen molar-refractivity contribution >= 4 is 17.9 Å². The smallest absolute Gasteiger partial charge is 0.306 e. The second-order valence-corrected chi connectivity index (χ2v) is 22.3. The molecule has 0 aromatic rings. The lowest BCUT2D eigenvalue weighted by Crippen LogP contribution is -2.30. The van der Waals surface area contributed by atoms with Gasteiger partial charge in [-0.25, -0.2) is 0 Å². The number of ether oxygens (including phenoxy) is 3. The third-order valence-electron chi connectivity index (χ3n) is 14.7. The predicted octanol–water partition coefficient (Wildman–Crippen LogP) is 22.9. The number of carbonyl (C=O) groups excluding carboxylic acids is 3. The fraction of sp³-hybridized carbons (Fsp3) is 0.789. The van der Waals surface area contributed by atoms with Crippen molar-refractivity contribution in [2.45, 2.75) is 348 Å². The topological polar surface area (TPSA) is 78.9 Å². The molecule has 0 bridgehead atoms. The normalized spacial score (nSPS) is 12.5. The molecule has 6 heteroatoms. The third-order valence-corrected chi connectivity index (χ3v) is 14.7. The zero-order valence-corrected chi connectivity index (χ0v) is 51.2. The van der Waals surface area contributed by atoms with Crippen molar-refractivity contribution in [3.63, 3.8) is 0 Å². The lowest BCUT2D eigenvalue weighted by atomic mass is 10.0. The summed E-state index contributed by atoms with van der Waals surface area (Å²) in [7, 11) is 0. The number of carbonyl (C=O) groups is 3. The van der Waals surface area contributed by atoms with E-state index in [-0.39, 0.29) is 37.5 Å². The van der Waals surface area contributed by atoms with Crippen LogP contribution in [-0.2, 0) is 28.6 Å². The SMILES string of the molecule is CC/C=C\C/C=C\C/C=C\C/C=C\CCCCC(=O)OC(COC(=O)CCCCCCC/C=C\CCCCCC)COC(=O)CCCCCCCCCCCCCCCCCCCCC/C=C\CCCCCCCCCC. The van der Waals surface area contributed by atoms with Crippen molar-refractivity contribution < 1.29 is 28.6 Å². The van der Waals surface area contributed by atoms with E-state index in [9.17, 15) is 14.4 Å². The van der Waals surface area contributed by atoms with E-state index < -0.39 is 6.10 Å². The van der Waals surface area contributed by atoms with Gasteiger partial charge in [-0.3, -0.25) is 14.4 Å². The quantitative estimate of drug-likeness (QED) is 0.0261. The molecule has 0 saturated carbocycles. The summed E-state index contributed by atoms with van der Waals surface area (Å²) in [5.74, 6) is -0.930. The summed E-state index contributed by atoms with van der Waals surface area (Å²) in [6.07, 6.45) is 85.2. The van der Waals surface area contributed by atoms with Gasteiger partial charge in [-0.2, -0.15) is 0 Å². The van der Waals surface area contributed by atoms with E-state index in [1.54, 1.807) is 0 Å². The van der Waals surface area contributed by atoms with E-state index in [4.69, 9.17) is 14.2 Å². The van der Waals surface area contributed by atoms with Gasteiger partial charge in [0.25, 0.3) is 0 Å². The minimum absolute atomic E-state index is 0.0922. The fourth-order valence-corrected chi connectivity index (χ4v) is 9.66. The first kappa shape index (κ1) is 73.8. The Morgan fingerprint density at radius 1 is 0.273 bits per heavy atom. The first-order chi connectivity index (χ1) is 38.0. The molecule has 0 aromatic carbocycles. The molecule has 0 aromatic heterocycles. The summed E-state index contributed by atoms with van der Waals surface area (Å²) >= 11 is 0. The Balaban J connectivity index is 4.17. The first-order valence-electron chi connectivity index (χ1n) is 33.4. The Kier molecular flexibility index (Phi) is 62.7. The van der Waals surface area contributed by atoms with E-state index in [0.717, 1.165) is 83.5 Å². The molecule has 0 saturated heterocycles. The monoisotopic (exact) mass is 1070 g/mol. The number of esters is 3. The van der Waals surface area contributed by atoms with Crippen LogP contribution in [0.3, 0.4) is 0 Å². The summed E-state index contributed by atoms with van der Waals surface area (Å²) in [6, 6.07) is 0. The van der Waals surface area contributed by atoms with Crippen LogP contribution in [0.25, 0.3) is 0 Å². The molecule has 0 aliphatic heterocycles. The molecule has 0 spiro atoms. The number of hydrogen-bond donors (Lipinski definition) is 0. The van der Waals surface area contributed by atoms with E-state index in [2.05, 4.69) is 93.7 Å². The van der Waals surface area contributed by atoms with Crippen LogP contribution in [0.15, 0.2) is 72.9 Å². The van der Waals surface area contributed by atoms with Crippen LogP contribution in [0.5, 0.6) is 0 Å². The van der Waals surface area contributed by atoms with Gasteiger partial charge >= 0.3 is 17.9 Å². The number of rotatable bonds is 61. The van der Waals surface area contributed by atoms with E-state index in [0.29, 0.717) is 19.3 Å². The highest BCUT2D eigenvalue weighted by Gasteiger charge is 2.19. The Morgan fingerprint density at radius 2 is 0.506 bits per heavy atom. The average molecular weight is 1080 g/mol. The second kappa shape index (κ2) is 65.4. The number of allylic oxidation sites excluding steroid dienone is 12. The molecule has 0 radical (unpaired) electrons. The molecule has 0 fully saturated rings. The highest BCUT2D eigenvalue weighted by molar-refractivity contribution is 5.71. The maximum Gasteiger partial charge on any atom is 0.306 e. The van der Waals surface area contributed by atoms with Crippen molar-refractivity contribution in [1.82, 2.24) is 0 Å². The zero-order valence-electron chi connectivity index (χ0n) is 51.2. The summed E-state index contributed by atoms with van der Waals surface area (Å²) in [5.41, 5.74) is 0. The maximum atomic E-state index is 12.9. The van der Waals surface area contributed by atoms with Crippen LogP contribution in [0.4, 0.5) is 0 Å². The molecule has 0 amide bonds. The van der Waals surface area contributed by atoms with Gasteiger partial charge in [0.05, 0.1) is 0 Å². The Bertz CT molecular complexity index is 1420. The van der Waals surface area contributed by atoms with E-state index in [1.165, 1.54) is 212 Å². The van der Waals surface area contributed by atoms with Gasteiger partial charge in [0.2, 0.25) is 0 Å². The van der Waals surface area contributed by atoms with Crippen molar-refractivity contribution in [1.29, 1.82) is 0 Å². The van der Waals surface area contributed by atoms with Crippen LogP contribution >= 0.6 is 0 Å². The summed E-state index contributed by atoms with van der Waals surface area (Å²) in [6.45, 7) is 6.50. The van der Waals surface area contributed by atoms with Crippen LogP contribution in [0.1, 0.15) is 342 Å². The highest BCUT2D eigenvalue weighted by Crippen LogP contribution is 2.17. The highest BCUT2D eigenvalue weighted by atomic mass is 16.6. The second-order valence-electron chi connectivity index (χ2n) is 22.3. The average Bonchev–Trinajstić information content (AvgIpc) is 3.43. The molecule has 77 heavy (non-hydrogen) atoms. The molecular weight excluding hydrogens is 949 g/mol. The van der Waals surface area contributed by atoms with Gasteiger partial charge in [-0.15, -0.1) is 0 Å². The van der Waals surface area contributed by atoms with Crippen LogP contribution in [0.2, 0.25) is 0 Å². The standard InChI is InChI=1S/C71H126O6/c1-4-7-10-13-16-19-22-25-27-28-29-30-31-32-33-34-35-36-37-38-39-40-41-42-44-46-49-52-55-58-61-64-70(73)76-67-68(66-75-69(72)63-60-57-54-51-48-45-24-21-18-15-12-9-6-3)77-71(74)65-62-59-56-53-50-47-43-26-23-20-17-14-11-8-5-2/h8,11,17,20-21,24,26,28-29,43,50,53,68H,4-7,9-10,12-16,18-19,22-23,25,27,30-42,44-49,51-52,54-67H2,1-3H3/b11-8-,20-17-,24-21-,29-28-,43-26-,53-50-. The molecule has 1 atom stereocenters. The molecule has 0 aliphatic rings. The fourth-order valence-electron chi connectivity index (χ4n) is 9.66. The largest absolute Gasteiger partial charge is 0.462 e. The Labute approximate surface area is 478 Å². The van der Waals surface area contributed by atoms with E-state index >= 15 is 0 Å². The summed E-state index contributed by atoms with van der Waals surface area (Å²) < 4.78 is 16.9. The van der Waals surface area contributed by atoms with Crippen molar-refractivity contribution in [2.75, 3.05) is 13.2 Å². The van der Waals surface area contributed by atoms with Crippen molar-refractivity contribution in [3.05, 3.63) is 72.9 Å². The van der Waals surface area contributed by atoms with Crippen LogP contribution < -0.4 is 0 Å². The maximum absolute atomic E-state index is 12.9. The summed E-state index contributed by atoms with van der Waals surface area (Å²) in [4.78, 5) is 38.2. The lowest BCUT2D eigenvalue weighted by Gasteiger charge is -2.18. The van der Waals surface area contributed by atoms with Crippen molar-refractivity contribution in [2.24, 2.45) is 0 Å². The summed E-state index contributed by atoms with van der Waals surface area (Å²) in [5, 5.41) is 0. The van der Waals surface area contributed by atoms with Gasteiger partial charge < -0.3 is 14.2 Å². The number of unbranched alkanes of at least 4 members (excludes halogenated alkanes) is 38. The minimum atomic E-state index is -0.800. The Morgan fingerprint density at radius 3 is 0.844 bits per heavy atom. The molecular formula is C71H126O6. The molecule has 1 unspecified atom stereocenters. The van der Waals surface area contributed by atoms with Crippen LogP contribution in [-0.4, -0.2) is 37.2 Å². The first-order valence-corrected chi connectivity index (χ1v) is 33.4. The van der Waals surface area contributed by atoms with E-state index in [1.807, 2.05) is 0 Å². The number of hydrogen-bond acceptors (Lipinski definition) is 6. The predicted molar refractivity (Wildman–Crippen MR) is 335 cm³/mol. The lowest BCUT2D eigenvalue weighted by molar-refractivity contribution is -0.167. The Hall–Kier alpha value is -3.15. The molecule has 0 heterocycles. The van der Waals surface area contributed by atoms with Gasteiger partial charge in [-0.05, 0) is 109 Å². The van der Waals surface area contributed by atoms with Gasteiger partial charge in [0.1, 0.15) is 13.2 Å². The van der Waals surface area contributed by atoms with Crippen LogP contribution in [0, 0.1) is 0 Å². The van der Waals surface area contributed by atoms with Crippen molar-refractivity contribution in [3.8, 4) is 0 Å². The van der Waals surface area contributed by atoms with Gasteiger partial charge in [0.15, 0.2) is 6.10 Å². The molecule has 446 valence electrons. The molecule has 0 aliphatic carbocycles. The molecule has 6 nitrogen and oxygen atoms in total. The minimum Gasteiger partial charge on any atom is -0.462 e. The third kappa shape index (κ3) is 63.6. The zero-order chi connectivity index (χ0) is 55.7. The molecule has 0 rings (SSSR count). The molecule has 0 N–H and O–H groups in total.